The molecular formula is C14H21BrN2O2. The van der Waals surface area contributed by atoms with E-state index in [1.54, 1.807) is 4.90 Å². The van der Waals surface area contributed by atoms with Gasteiger partial charge in [-0.25, -0.2) is 0 Å². The highest BCUT2D eigenvalue weighted by atomic mass is 79.9. The van der Waals surface area contributed by atoms with E-state index in [1.165, 1.54) is 0 Å². The monoisotopic (exact) mass is 328 g/mol. The van der Waals surface area contributed by atoms with E-state index in [9.17, 15) is 9.90 Å². The summed E-state index contributed by atoms with van der Waals surface area (Å²) in [7, 11) is 0. The van der Waals surface area contributed by atoms with E-state index in [0.29, 0.717) is 18.8 Å². The summed E-state index contributed by atoms with van der Waals surface area (Å²) < 4.78 is 2.87. The fraction of sp³-hybridized carbons (Fsp3) is 0.643. The molecule has 19 heavy (non-hydrogen) atoms. The number of aliphatic hydroxyl groups is 1. The summed E-state index contributed by atoms with van der Waals surface area (Å²) in [6.07, 6.45) is 3.62. The van der Waals surface area contributed by atoms with Gasteiger partial charge in [0.05, 0.1) is 18.7 Å². The SMILES string of the molecule is CCCC1(O)CN(C(=O)c2cc(Br)cn2C(C)C)C1. The van der Waals surface area contributed by atoms with Gasteiger partial charge in [-0.3, -0.25) is 4.79 Å². The van der Waals surface area contributed by atoms with Gasteiger partial charge >= 0.3 is 0 Å². The lowest BCUT2D eigenvalue weighted by Gasteiger charge is -2.46. The third kappa shape index (κ3) is 2.87. The molecule has 2 rings (SSSR count). The molecule has 0 atom stereocenters. The first-order valence-corrected chi connectivity index (χ1v) is 7.54. The largest absolute Gasteiger partial charge is 0.386 e. The topological polar surface area (TPSA) is 45.5 Å². The van der Waals surface area contributed by atoms with Gasteiger partial charge in [0.25, 0.3) is 5.91 Å². The van der Waals surface area contributed by atoms with Crippen LogP contribution in [0.5, 0.6) is 0 Å². The Morgan fingerprint density at radius 3 is 2.68 bits per heavy atom. The molecule has 1 amide bonds. The first-order chi connectivity index (χ1) is 8.86. The molecule has 1 aromatic rings. The van der Waals surface area contributed by atoms with Gasteiger partial charge in [0.15, 0.2) is 0 Å². The highest BCUT2D eigenvalue weighted by Crippen LogP contribution is 2.29. The van der Waals surface area contributed by atoms with E-state index in [2.05, 4.69) is 15.9 Å². The maximum absolute atomic E-state index is 12.4. The Morgan fingerprint density at radius 2 is 2.16 bits per heavy atom. The molecule has 0 saturated carbocycles. The first-order valence-electron chi connectivity index (χ1n) is 6.75. The maximum Gasteiger partial charge on any atom is 0.270 e. The van der Waals surface area contributed by atoms with Crippen molar-refractivity contribution >= 4 is 21.8 Å². The van der Waals surface area contributed by atoms with Crippen LogP contribution in [-0.4, -0.2) is 39.2 Å². The minimum atomic E-state index is -0.670. The van der Waals surface area contributed by atoms with E-state index in [0.717, 1.165) is 17.3 Å². The summed E-state index contributed by atoms with van der Waals surface area (Å²) in [5.41, 5.74) is 0.0112. The van der Waals surface area contributed by atoms with Gasteiger partial charge in [0.2, 0.25) is 0 Å². The summed E-state index contributed by atoms with van der Waals surface area (Å²) in [5.74, 6) is 0.000165. The van der Waals surface area contributed by atoms with Crippen molar-refractivity contribution in [3.05, 3.63) is 22.4 Å². The van der Waals surface area contributed by atoms with Crippen molar-refractivity contribution in [1.82, 2.24) is 9.47 Å². The number of nitrogens with zero attached hydrogens (tertiary/aromatic N) is 2. The Hall–Kier alpha value is -0.810. The van der Waals surface area contributed by atoms with Gasteiger partial charge < -0.3 is 14.6 Å². The van der Waals surface area contributed by atoms with Crippen molar-refractivity contribution in [2.45, 2.75) is 45.3 Å². The van der Waals surface area contributed by atoms with Crippen LogP contribution in [-0.2, 0) is 0 Å². The molecule has 0 unspecified atom stereocenters. The fourth-order valence-corrected chi connectivity index (χ4v) is 3.07. The molecule has 1 aromatic heterocycles. The van der Waals surface area contributed by atoms with E-state index in [4.69, 9.17) is 0 Å². The van der Waals surface area contributed by atoms with Gasteiger partial charge in [-0.05, 0) is 42.3 Å². The predicted molar refractivity (Wildman–Crippen MR) is 78.3 cm³/mol. The Kier molecular flexibility index (Phi) is 4.06. The lowest BCUT2D eigenvalue weighted by Crippen LogP contribution is -2.63. The molecule has 1 N–H and O–H groups in total. The van der Waals surface area contributed by atoms with E-state index in [-0.39, 0.29) is 11.9 Å². The third-order valence-corrected chi connectivity index (χ3v) is 4.00. The van der Waals surface area contributed by atoms with Gasteiger partial charge in [0.1, 0.15) is 5.69 Å². The summed E-state index contributed by atoms with van der Waals surface area (Å²) in [5, 5.41) is 10.1. The fourth-order valence-electron chi connectivity index (χ4n) is 2.64. The van der Waals surface area contributed by atoms with Gasteiger partial charge in [0, 0.05) is 16.7 Å². The molecule has 5 heteroatoms. The molecular weight excluding hydrogens is 308 g/mol. The number of hydrogen-bond donors (Lipinski definition) is 1. The van der Waals surface area contributed by atoms with Crippen molar-refractivity contribution < 1.29 is 9.90 Å². The zero-order valence-electron chi connectivity index (χ0n) is 11.7. The predicted octanol–water partition coefficient (Wildman–Crippen LogP) is 2.82. The van der Waals surface area contributed by atoms with Crippen LogP contribution in [0.15, 0.2) is 16.7 Å². The Balaban J connectivity index is 2.10. The molecule has 0 aromatic carbocycles. The van der Waals surface area contributed by atoms with Gasteiger partial charge in [-0.15, -0.1) is 0 Å². The minimum Gasteiger partial charge on any atom is -0.386 e. The van der Waals surface area contributed by atoms with Crippen LogP contribution in [0.3, 0.4) is 0 Å². The van der Waals surface area contributed by atoms with Crippen molar-refractivity contribution in [2.24, 2.45) is 0 Å². The van der Waals surface area contributed by atoms with Crippen LogP contribution >= 0.6 is 15.9 Å². The summed E-state index contributed by atoms with van der Waals surface area (Å²) in [4.78, 5) is 14.1. The van der Waals surface area contributed by atoms with Crippen LogP contribution in [0.2, 0.25) is 0 Å². The van der Waals surface area contributed by atoms with Crippen LogP contribution in [0.1, 0.15) is 50.1 Å². The zero-order valence-corrected chi connectivity index (χ0v) is 13.3. The number of carbonyl (C=O) groups is 1. The normalized spacial score (nSPS) is 17.7. The molecule has 0 spiro atoms. The number of β-amino-alcohol motifs (C(OH)–C–C–N with tert-alkyl or cyclic N) is 1. The van der Waals surface area contributed by atoms with Crippen LogP contribution in [0, 0.1) is 0 Å². The average molecular weight is 329 g/mol. The quantitative estimate of drug-likeness (QED) is 0.923. The maximum atomic E-state index is 12.4. The first kappa shape index (κ1) is 14.6. The van der Waals surface area contributed by atoms with Crippen LogP contribution in [0.25, 0.3) is 0 Å². The van der Waals surface area contributed by atoms with Crippen LogP contribution < -0.4 is 0 Å². The standard InChI is InChI=1S/C14H21BrN2O2/c1-4-5-14(19)8-16(9-14)13(18)12-6-11(15)7-17(12)10(2)3/h6-7,10,19H,4-5,8-9H2,1-3H3. The van der Waals surface area contributed by atoms with E-state index < -0.39 is 5.60 Å². The molecule has 1 fully saturated rings. The Bertz CT molecular complexity index is 476. The number of halogens is 1. The number of rotatable bonds is 4. The van der Waals surface area contributed by atoms with Crippen molar-refractivity contribution in [3.8, 4) is 0 Å². The third-order valence-electron chi connectivity index (χ3n) is 3.56. The number of hydrogen-bond acceptors (Lipinski definition) is 2. The van der Waals surface area contributed by atoms with Crippen molar-refractivity contribution in [2.75, 3.05) is 13.1 Å². The minimum absolute atomic E-state index is 0.000165. The van der Waals surface area contributed by atoms with Gasteiger partial charge in [-0.1, -0.05) is 13.3 Å². The van der Waals surface area contributed by atoms with E-state index in [1.807, 2.05) is 37.6 Å². The zero-order chi connectivity index (χ0) is 14.2. The smallest absolute Gasteiger partial charge is 0.270 e. The Morgan fingerprint density at radius 1 is 1.53 bits per heavy atom. The average Bonchev–Trinajstić information content (AvgIpc) is 2.67. The molecule has 1 aliphatic heterocycles. The number of aromatic nitrogens is 1. The highest BCUT2D eigenvalue weighted by molar-refractivity contribution is 9.10. The number of likely N-dealkylation sites (tertiary alicyclic amines) is 1. The number of carbonyl (C=O) groups excluding carboxylic acids is 1. The summed E-state index contributed by atoms with van der Waals surface area (Å²) in [6.45, 7) is 7.03. The second-order valence-corrected chi connectivity index (χ2v) is 6.60. The van der Waals surface area contributed by atoms with Crippen LogP contribution in [0.4, 0.5) is 0 Å². The molecule has 0 radical (unpaired) electrons. The Labute approximate surface area is 122 Å². The molecule has 106 valence electrons. The van der Waals surface area contributed by atoms with E-state index >= 15 is 0 Å². The molecule has 4 nitrogen and oxygen atoms in total. The molecule has 2 heterocycles. The summed E-state index contributed by atoms with van der Waals surface area (Å²) in [6, 6.07) is 2.08. The van der Waals surface area contributed by atoms with Crippen molar-refractivity contribution in [3.63, 3.8) is 0 Å². The lowest BCUT2D eigenvalue weighted by atomic mass is 9.89. The highest BCUT2D eigenvalue weighted by Gasteiger charge is 2.43. The second-order valence-electron chi connectivity index (χ2n) is 5.68. The molecule has 0 bridgehead atoms. The molecule has 0 aliphatic carbocycles. The molecule has 1 aliphatic rings. The molecule has 1 saturated heterocycles. The van der Waals surface area contributed by atoms with Gasteiger partial charge in [-0.2, -0.15) is 0 Å². The van der Waals surface area contributed by atoms with Crippen molar-refractivity contribution in [1.29, 1.82) is 0 Å². The second kappa shape index (κ2) is 5.29. The number of amides is 1. The summed E-state index contributed by atoms with van der Waals surface area (Å²) >= 11 is 3.41. The lowest BCUT2D eigenvalue weighted by molar-refractivity contribution is -0.0863.